The van der Waals surface area contributed by atoms with Crippen molar-refractivity contribution < 1.29 is 0 Å². The smallest absolute Gasteiger partial charge is 0.0905 e. The highest BCUT2D eigenvalue weighted by atomic mass is 14.2. The third-order valence-corrected chi connectivity index (χ3v) is 1.75. The van der Waals surface area contributed by atoms with Gasteiger partial charge in [0.15, 0.2) is 0 Å². The van der Waals surface area contributed by atoms with E-state index in [1.54, 1.807) is 6.07 Å². The van der Waals surface area contributed by atoms with Crippen LogP contribution in [-0.2, 0) is 0 Å². The maximum absolute atomic E-state index is 7.51. The van der Waals surface area contributed by atoms with Gasteiger partial charge in [0.2, 0.25) is 0 Å². The van der Waals surface area contributed by atoms with Crippen molar-refractivity contribution in [2.45, 2.75) is 13.8 Å². The minimum absolute atomic E-state index is 1.18. The van der Waals surface area contributed by atoms with E-state index in [9.17, 15) is 0 Å². The molecule has 1 aromatic rings. The third-order valence-electron chi connectivity index (χ3n) is 1.75. The van der Waals surface area contributed by atoms with Crippen molar-refractivity contribution in [1.82, 2.24) is 0 Å². The molecule has 0 aliphatic carbocycles. The number of nitriles is 1. The first kappa shape index (κ1) is 12.2. The maximum Gasteiger partial charge on any atom is 0.0905 e. The number of rotatable bonds is 1. The molecule has 0 amide bonds. The van der Waals surface area contributed by atoms with Gasteiger partial charge in [-0.1, -0.05) is 43.0 Å². The summed E-state index contributed by atoms with van der Waals surface area (Å²) in [5.74, 6) is 0. The zero-order chi connectivity index (χ0) is 10.8. The monoisotopic (exact) mass is 185 g/mol. The Morgan fingerprint density at radius 3 is 2.21 bits per heavy atom. The van der Waals surface area contributed by atoms with E-state index in [1.807, 2.05) is 6.07 Å². The molecule has 1 rings (SSSR count). The second-order valence-electron chi connectivity index (χ2n) is 2.67. The zero-order valence-corrected chi connectivity index (χ0v) is 8.70. The molecule has 72 valence electrons. The lowest BCUT2D eigenvalue weighted by Gasteiger charge is -1.97. The van der Waals surface area contributed by atoms with Crippen LogP contribution in [0, 0.1) is 11.3 Å². The van der Waals surface area contributed by atoms with Crippen LogP contribution in [0.3, 0.4) is 0 Å². The Balaban J connectivity index is 0.000000364. The van der Waals surface area contributed by atoms with Crippen molar-refractivity contribution in [3.8, 4) is 6.07 Å². The summed E-state index contributed by atoms with van der Waals surface area (Å²) in [4.78, 5) is 0. The highest BCUT2D eigenvalue weighted by molar-refractivity contribution is 5.62. The van der Waals surface area contributed by atoms with Gasteiger partial charge < -0.3 is 0 Å². The second kappa shape index (κ2) is 7.82. The fraction of sp³-hybridized carbons (Fsp3) is 0.154. The summed E-state index contributed by atoms with van der Waals surface area (Å²) in [6.07, 6.45) is 3.30. The van der Waals surface area contributed by atoms with Crippen molar-refractivity contribution >= 4 is 5.57 Å². The second-order valence-corrected chi connectivity index (χ2v) is 2.67. The number of hydrogen-bond acceptors (Lipinski definition) is 1. The van der Waals surface area contributed by atoms with E-state index in [4.69, 9.17) is 5.26 Å². The molecule has 1 aromatic carbocycles. The summed E-state index contributed by atoms with van der Waals surface area (Å²) in [6.45, 7) is 7.30. The Morgan fingerprint density at radius 2 is 1.86 bits per heavy atom. The maximum atomic E-state index is 7.51. The van der Waals surface area contributed by atoms with Gasteiger partial charge in [-0.3, -0.25) is 0 Å². The van der Waals surface area contributed by atoms with Crippen molar-refractivity contribution in [2.75, 3.05) is 0 Å². The minimum atomic E-state index is 1.18. The van der Waals surface area contributed by atoms with Gasteiger partial charge in [-0.2, -0.15) is 5.26 Å². The predicted molar refractivity (Wildman–Crippen MR) is 61.6 cm³/mol. The molecular weight excluding hydrogens is 170 g/mol. The molecule has 0 fully saturated rings. The third kappa shape index (κ3) is 4.95. The molecule has 0 bridgehead atoms. The number of hydrogen-bond donors (Lipinski definition) is 0. The lowest BCUT2D eigenvalue weighted by atomic mass is 10.1. The summed E-state index contributed by atoms with van der Waals surface area (Å²) in [7, 11) is 0. The Hall–Kier alpha value is -1.81. The van der Waals surface area contributed by atoms with E-state index < -0.39 is 0 Å². The van der Waals surface area contributed by atoms with Gasteiger partial charge in [0, 0.05) is 6.08 Å². The van der Waals surface area contributed by atoms with E-state index in [1.165, 1.54) is 17.2 Å². The Labute approximate surface area is 86.0 Å². The Morgan fingerprint density at radius 1 is 1.36 bits per heavy atom. The van der Waals surface area contributed by atoms with Gasteiger partial charge in [-0.15, -0.1) is 0 Å². The van der Waals surface area contributed by atoms with Crippen LogP contribution in [0.15, 0.2) is 49.1 Å². The molecule has 0 radical (unpaired) electrons. The molecule has 0 unspecified atom stereocenters. The van der Waals surface area contributed by atoms with Gasteiger partial charge in [0.05, 0.1) is 6.07 Å². The van der Waals surface area contributed by atoms with Gasteiger partial charge in [-0.25, -0.2) is 0 Å². The first-order valence-electron chi connectivity index (χ1n) is 4.45. The molecular formula is C13H15N. The van der Waals surface area contributed by atoms with Crippen LogP contribution in [-0.4, -0.2) is 0 Å². The van der Waals surface area contributed by atoms with Gasteiger partial charge in [0.1, 0.15) is 0 Å². The molecule has 0 N–H and O–H groups in total. The predicted octanol–water partition coefficient (Wildman–Crippen LogP) is 3.81. The molecule has 0 aromatic heterocycles. The normalized spacial score (nSPS) is 9.36. The Bertz CT molecular complexity index is 328. The first-order valence-corrected chi connectivity index (χ1v) is 4.45. The lowest BCUT2D eigenvalue weighted by molar-refractivity contribution is 1.54. The highest BCUT2D eigenvalue weighted by Crippen LogP contribution is 2.11. The van der Waals surface area contributed by atoms with Gasteiger partial charge >= 0.3 is 0 Å². The quantitative estimate of drug-likeness (QED) is 0.610. The summed E-state index contributed by atoms with van der Waals surface area (Å²) in [6, 6.07) is 12.1. The first-order chi connectivity index (χ1) is 6.76. The lowest BCUT2D eigenvalue weighted by Crippen LogP contribution is -1.75. The largest absolute Gasteiger partial charge is 0.193 e. The van der Waals surface area contributed by atoms with E-state index in [2.05, 4.69) is 50.8 Å². The number of nitrogens with zero attached hydrogens (tertiary/aromatic N) is 1. The fourth-order valence-corrected chi connectivity index (χ4v) is 0.868. The van der Waals surface area contributed by atoms with E-state index in [0.717, 1.165) is 0 Å². The van der Waals surface area contributed by atoms with Crippen LogP contribution in [0.4, 0.5) is 0 Å². The van der Waals surface area contributed by atoms with Crippen LogP contribution in [0.2, 0.25) is 0 Å². The van der Waals surface area contributed by atoms with E-state index in [-0.39, 0.29) is 0 Å². The zero-order valence-electron chi connectivity index (χ0n) is 8.70. The number of benzene rings is 1. The van der Waals surface area contributed by atoms with Crippen LogP contribution < -0.4 is 0 Å². The van der Waals surface area contributed by atoms with Crippen LogP contribution in [0.25, 0.3) is 5.57 Å². The van der Waals surface area contributed by atoms with Crippen molar-refractivity contribution in [3.63, 3.8) is 0 Å². The van der Waals surface area contributed by atoms with Crippen LogP contribution in [0.1, 0.15) is 19.4 Å². The van der Waals surface area contributed by atoms with Crippen LogP contribution >= 0.6 is 0 Å². The van der Waals surface area contributed by atoms with Crippen molar-refractivity contribution in [3.05, 3.63) is 54.6 Å². The molecule has 0 saturated carbocycles. The topological polar surface area (TPSA) is 23.8 Å². The average molecular weight is 185 g/mol. The van der Waals surface area contributed by atoms with Crippen molar-refractivity contribution in [1.29, 1.82) is 5.26 Å². The standard InChI is InChI=1S/C10H12.C3H3N/c1-3-9(2)10-7-5-4-6-8-10;1-2-3-4/h3-8H,1-2H3;2H,1H2. The summed E-state index contributed by atoms with van der Waals surface area (Å²) in [5, 5.41) is 7.51. The number of allylic oxidation sites excluding steroid dienone is 3. The molecule has 0 spiro atoms. The summed E-state index contributed by atoms with van der Waals surface area (Å²) >= 11 is 0. The minimum Gasteiger partial charge on any atom is -0.193 e. The molecule has 1 heteroatoms. The average Bonchev–Trinajstić information content (AvgIpc) is 2.29. The molecule has 0 saturated heterocycles. The van der Waals surface area contributed by atoms with Crippen molar-refractivity contribution in [2.24, 2.45) is 0 Å². The van der Waals surface area contributed by atoms with Crippen LogP contribution in [0.5, 0.6) is 0 Å². The molecule has 0 aliphatic heterocycles. The van der Waals surface area contributed by atoms with E-state index in [0.29, 0.717) is 0 Å². The molecule has 14 heavy (non-hydrogen) atoms. The Kier molecular flexibility index (Phi) is 6.81. The molecule has 1 nitrogen and oxygen atoms in total. The van der Waals surface area contributed by atoms with Gasteiger partial charge in [0.25, 0.3) is 0 Å². The molecule has 0 aliphatic rings. The SMILES string of the molecule is C=CC#N.CC=C(C)c1ccccc1. The van der Waals surface area contributed by atoms with Gasteiger partial charge in [-0.05, 0) is 25.0 Å². The highest BCUT2D eigenvalue weighted by Gasteiger charge is 1.88. The summed E-state index contributed by atoms with van der Waals surface area (Å²) < 4.78 is 0. The molecule has 0 atom stereocenters. The van der Waals surface area contributed by atoms with E-state index >= 15 is 0 Å². The fourth-order valence-electron chi connectivity index (χ4n) is 0.868. The summed E-state index contributed by atoms with van der Waals surface area (Å²) in [5.41, 5.74) is 2.64. The molecule has 0 heterocycles.